The molecule has 0 atom stereocenters. The number of benzene rings is 4. The van der Waals surface area contributed by atoms with Crippen molar-refractivity contribution in [2.24, 2.45) is 0 Å². The lowest BCUT2D eigenvalue weighted by Crippen LogP contribution is -2.59. The van der Waals surface area contributed by atoms with Crippen molar-refractivity contribution in [1.29, 1.82) is 0 Å². The van der Waals surface area contributed by atoms with E-state index >= 15 is 8.78 Å². The van der Waals surface area contributed by atoms with Gasteiger partial charge in [-0.25, -0.2) is 18.7 Å². The summed E-state index contributed by atoms with van der Waals surface area (Å²) in [6.07, 6.45) is 5.15. The van der Waals surface area contributed by atoms with Gasteiger partial charge in [0.25, 0.3) is 0 Å². The number of nitrogens with one attached hydrogen (secondary N) is 1. The van der Waals surface area contributed by atoms with E-state index in [9.17, 15) is 4.79 Å². The van der Waals surface area contributed by atoms with Crippen LogP contribution in [0.3, 0.4) is 0 Å². The lowest BCUT2D eigenvalue weighted by molar-refractivity contribution is -0.124. The Morgan fingerprint density at radius 1 is 0.689 bits per heavy atom. The van der Waals surface area contributed by atoms with Gasteiger partial charge in [0.15, 0.2) is 0 Å². The summed E-state index contributed by atoms with van der Waals surface area (Å²) in [7, 11) is 3.17. The van der Waals surface area contributed by atoms with Gasteiger partial charge in [-0.1, -0.05) is 60.7 Å². The van der Waals surface area contributed by atoms with Crippen LogP contribution in [0.15, 0.2) is 122 Å². The van der Waals surface area contributed by atoms with Gasteiger partial charge in [-0.3, -0.25) is 4.79 Å². The number of hydrogen-bond acceptors (Lipinski definition) is 6. The van der Waals surface area contributed by atoms with Crippen LogP contribution in [0.25, 0.3) is 33.2 Å². The van der Waals surface area contributed by atoms with Gasteiger partial charge in [-0.05, 0) is 72.5 Å². The lowest BCUT2D eigenvalue weighted by atomic mass is 9.75. The van der Waals surface area contributed by atoms with Crippen molar-refractivity contribution in [1.82, 2.24) is 29.3 Å². The van der Waals surface area contributed by atoms with E-state index in [1.807, 2.05) is 89.8 Å². The van der Waals surface area contributed by atoms with Crippen molar-refractivity contribution in [2.75, 3.05) is 33.9 Å². The van der Waals surface area contributed by atoms with E-state index in [2.05, 4.69) is 14.5 Å². The molecule has 1 aliphatic heterocycles. The van der Waals surface area contributed by atoms with Crippen LogP contribution in [-0.4, -0.2) is 64.3 Å². The number of rotatable bonds is 11. The number of carbonyl (C=O) groups excluding carboxylic acids is 1. The normalized spacial score (nSPS) is 13.6. The van der Waals surface area contributed by atoms with Crippen molar-refractivity contribution < 1.29 is 23.0 Å². The first kappa shape index (κ1) is 41.2. The third-order valence-corrected chi connectivity index (χ3v) is 12.1. The van der Waals surface area contributed by atoms with Gasteiger partial charge in [0.05, 0.1) is 37.6 Å². The first-order chi connectivity index (χ1) is 29.3. The van der Waals surface area contributed by atoms with Gasteiger partial charge in [0.1, 0.15) is 17.2 Å². The fourth-order valence-electron chi connectivity index (χ4n) is 9.21. The molecule has 9 nitrogen and oxygen atoms in total. The van der Waals surface area contributed by atoms with E-state index in [0.717, 1.165) is 73.2 Å². The zero-order valence-corrected chi connectivity index (χ0v) is 35.1. The molecule has 0 saturated carbocycles. The zero-order valence-electron chi connectivity index (χ0n) is 34.3. The molecule has 0 radical (unpaired) electrons. The predicted octanol–water partition coefficient (Wildman–Crippen LogP) is 9.19. The highest BCUT2D eigenvalue weighted by atomic mass is 35.5. The van der Waals surface area contributed by atoms with Crippen molar-refractivity contribution in [3.05, 3.63) is 178 Å². The number of pyridine rings is 2. The lowest BCUT2D eigenvalue weighted by Gasteiger charge is -2.47. The Labute approximate surface area is 359 Å². The summed E-state index contributed by atoms with van der Waals surface area (Å²) >= 11 is 0. The minimum absolute atomic E-state index is 0. The molecule has 61 heavy (non-hydrogen) atoms. The van der Waals surface area contributed by atoms with E-state index in [1.54, 1.807) is 52.6 Å². The Hall–Kier alpha value is -6.56. The highest BCUT2D eigenvalue weighted by Gasteiger charge is 2.49. The fourth-order valence-corrected chi connectivity index (χ4v) is 9.21. The molecular formula is C49H45ClF2N6O3. The number of fused-ring (bicyclic) bond motifs is 2. The molecule has 310 valence electrons. The highest BCUT2D eigenvalue weighted by Crippen LogP contribution is 2.50. The van der Waals surface area contributed by atoms with Crippen LogP contribution in [-0.2, 0) is 23.2 Å². The number of carbonyl (C=O) groups is 1. The minimum Gasteiger partial charge on any atom is -0.481 e. The molecule has 0 aliphatic carbocycles. The van der Waals surface area contributed by atoms with Crippen LogP contribution in [0, 0.1) is 25.5 Å². The van der Waals surface area contributed by atoms with Crippen LogP contribution in [0.1, 0.15) is 44.8 Å². The van der Waals surface area contributed by atoms with E-state index < -0.39 is 5.54 Å². The van der Waals surface area contributed by atoms with Gasteiger partial charge in [0.2, 0.25) is 18.2 Å². The summed E-state index contributed by atoms with van der Waals surface area (Å²) < 4.78 is 47.0. The molecule has 1 N–H and O–H groups in total. The molecule has 1 fully saturated rings. The molecule has 0 unspecified atom stereocenters. The molecule has 1 aliphatic rings. The third kappa shape index (κ3) is 6.87. The molecular weight excluding hydrogens is 794 g/mol. The molecule has 1 amide bonds. The maximum atomic E-state index is 15.5. The molecule has 4 aromatic heterocycles. The Morgan fingerprint density at radius 2 is 1.15 bits per heavy atom. The number of ether oxygens (including phenoxy) is 2. The molecule has 4 aromatic carbocycles. The summed E-state index contributed by atoms with van der Waals surface area (Å²) in [6, 6.07) is 34.2. The van der Waals surface area contributed by atoms with Crippen molar-refractivity contribution in [3.8, 4) is 23.1 Å². The fraction of sp³-hybridized carbons (Fsp3) is 0.204. The summed E-state index contributed by atoms with van der Waals surface area (Å²) in [4.78, 5) is 25.4. The Bertz CT molecular complexity index is 2720. The number of methoxy groups -OCH3 is 2. The number of piperazine rings is 1. The van der Waals surface area contributed by atoms with Gasteiger partial charge in [0, 0.05) is 89.3 Å². The second kappa shape index (κ2) is 16.8. The van der Waals surface area contributed by atoms with Crippen LogP contribution in [0.4, 0.5) is 8.78 Å². The summed E-state index contributed by atoms with van der Waals surface area (Å²) in [5.41, 5.74) is 8.03. The average molecular weight is 839 g/mol. The van der Waals surface area contributed by atoms with Crippen molar-refractivity contribution in [2.45, 2.75) is 32.2 Å². The number of para-hydroxylation sites is 2. The minimum atomic E-state index is -1.25. The van der Waals surface area contributed by atoms with Crippen LogP contribution < -0.4 is 14.8 Å². The second-order valence-corrected chi connectivity index (χ2v) is 15.2. The third-order valence-electron chi connectivity index (χ3n) is 12.1. The van der Waals surface area contributed by atoms with Crippen LogP contribution >= 0.6 is 12.4 Å². The molecule has 8 aromatic rings. The topological polar surface area (TPSA) is 86.4 Å². The molecule has 0 bridgehead atoms. The molecule has 12 heteroatoms. The molecule has 5 heterocycles. The second-order valence-electron chi connectivity index (χ2n) is 15.2. The van der Waals surface area contributed by atoms with Gasteiger partial charge in [-0.15, -0.1) is 12.4 Å². The average Bonchev–Trinajstić information content (AvgIpc) is 3.78. The van der Waals surface area contributed by atoms with Crippen LogP contribution in [0.2, 0.25) is 0 Å². The first-order valence-corrected chi connectivity index (χ1v) is 20.0. The largest absolute Gasteiger partial charge is 0.481 e. The van der Waals surface area contributed by atoms with Crippen molar-refractivity contribution >= 4 is 40.6 Å². The summed E-state index contributed by atoms with van der Waals surface area (Å²) in [5.74, 6) is 0.183. The van der Waals surface area contributed by atoms with E-state index in [1.165, 1.54) is 12.1 Å². The SMILES string of the molecule is COc1cc2c(C3(c4c(Cc5cccc(F)c5C)n(-c5ccccc5)c5cnc(OC)cc45)CNCCN3C=O)c(Cc3cccc(F)c3C)n(-c3ccccc3)c2cn1.Cl. The Morgan fingerprint density at radius 3 is 1.57 bits per heavy atom. The Balaban J connectivity index is 0.00000514. The van der Waals surface area contributed by atoms with E-state index in [4.69, 9.17) is 19.4 Å². The van der Waals surface area contributed by atoms with Crippen molar-refractivity contribution in [3.63, 3.8) is 0 Å². The standard InChI is InChI=1S/C49H44F2N6O3.ClH/c1-31-33(13-11-19-39(31)50)23-41-47(37-25-45(59-3)53-27-43(37)56(41)35-15-7-5-8-16-35)49(29-52-21-22-55(49)30-58)48-38-26-46(60-4)54-28-44(38)57(36-17-9-6-10-18-36)42(48)24-34-14-12-20-40(51)32(34)2;/h5-20,25-28,30,52H,21-24,29H2,1-4H3;1H. The first-order valence-electron chi connectivity index (χ1n) is 20.0. The maximum Gasteiger partial charge on any atom is 0.213 e. The highest BCUT2D eigenvalue weighted by molar-refractivity contribution is 5.95. The number of nitrogens with zero attached hydrogens (tertiary/aromatic N) is 5. The van der Waals surface area contributed by atoms with Gasteiger partial charge >= 0.3 is 0 Å². The quantitative estimate of drug-likeness (QED) is 0.131. The smallest absolute Gasteiger partial charge is 0.213 e. The monoisotopic (exact) mass is 838 g/mol. The van der Waals surface area contributed by atoms with Gasteiger partial charge in [-0.2, -0.15) is 0 Å². The number of amides is 1. The Kier molecular flexibility index (Phi) is 11.4. The van der Waals surface area contributed by atoms with Gasteiger partial charge < -0.3 is 28.8 Å². The molecule has 1 saturated heterocycles. The zero-order chi connectivity index (χ0) is 41.5. The van der Waals surface area contributed by atoms with E-state index in [-0.39, 0.29) is 24.0 Å². The summed E-state index contributed by atoms with van der Waals surface area (Å²) in [5, 5.41) is 5.32. The van der Waals surface area contributed by atoms with E-state index in [0.29, 0.717) is 55.4 Å². The maximum absolute atomic E-state index is 15.5. The summed E-state index contributed by atoms with van der Waals surface area (Å²) in [6.45, 7) is 4.80. The number of aromatic nitrogens is 4. The number of hydrogen-bond donors (Lipinski definition) is 1. The molecule has 0 spiro atoms. The van der Waals surface area contributed by atoms with Crippen LogP contribution in [0.5, 0.6) is 11.8 Å². The number of halogens is 3. The molecule has 9 rings (SSSR count). The predicted molar refractivity (Wildman–Crippen MR) is 237 cm³/mol.